The minimum absolute atomic E-state index is 0.142. The Morgan fingerprint density at radius 2 is 1.92 bits per heavy atom. The zero-order valence-corrected chi connectivity index (χ0v) is 20.5. The molecular formula is C28H22BF2N3O3. The Hall–Kier alpha value is -4.45. The molecule has 3 aromatic rings. The van der Waals surface area contributed by atoms with E-state index >= 15 is 8.63 Å². The van der Waals surface area contributed by atoms with Gasteiger partial charge in [-0.25, -0.2) is 4.79 Å². The van der Waals surface area contributed by atoms with Gasteiger partial charge in [0.2, 0.25) is 5.91 Å². The summed E-state index contributed by atoms with van der Waals surface area (Å²) in [5.74, 6) is 5.79. The van der Waals surface area contributed by atoms with Gasteiger partial charge in [-0.15, -0.1) is 0 Å². The minimum Gasteiger partial charge on any atom is -0.422 e. The molecule has 3 aliphatic heterocycles. The fourth-order valence-electron chi connectivity index (χ4n) is 5.26. The lowest BCUT2D eigenvalue weighted by Crippen LogP contribution is -2.50. The van der Waals surface area contributed by atoms with E-state index in [4.69, 9.17) is 4.42 Å². The van der Waals surface area contributed by atoms with E-state index < -0.39 is 12.6 Å². The summed E-state index contributed by atoms with van der Waals surface area (Å²) in [4.78, 5) is 24.8. The number of nitrogens with zero attached hydrogens (tertiary/aromatic N) is 2. The summed E-state index contributed by atoms with van der Waals surface area (Å²) >= 11 is 0. The van der Waals surface area contributed by atoms with Gasteiger partial charge in [0.25, 0.3) is 0 Å². The quantitative estimate of drug-likeness (QED) is 0.308. The van der Waals surface area contributed by atoms with Gasteiger partial charge in [0, 0.05) is 47.7 Å². The third kappa shape index (κ3) is 3.60. The van der Waals surface area contributed by atoms with Gasteiger partial charge >= 0.3 is 12.6 Å². The summed E-state index contributed by atoms with van der Waals surface area (Å²) in [5.41, 5.74) is 4.27. The monoisotopic (exact) mass is 497 g/mol. The maximum atomic E-state index is 15.8. The lowest BCUT2D eigenvalue weighted by Gasteiger charge is -2.30. The second-order valence-electron chi connectivity index (χ2n) is 9.57. The first-order chi connectivity index (χ1) is 17.6. The SMILES string of the molecule is CC1=CC(C=Cc2cc3cc4c(cc3oc2=O)C#CCCC(=O)N4)=[N+]2C1=Cc1c(C)cc(C)n1[B-]2(F)F. The molecule has 6 rings (SSSR count). The van der Waals surface area contributed by atoms with Gasteiger partial charge < -0.3 is 27.3 Å². The number of allylic oxidation sites excluding steroid dienone is 3. The first-order valence-electron chi connectivity index (χ1n) is 12.0. The fraction of sp³-hybridized carbons (Fsp3) is 0.179. The van der Waals surface area contributed by atoms with Gasteiger partial charge in [0.05, 0.1) is 16.8 Å². The zero-order valence-electron chi connectivity index (χ0n) is 20.5. The Morgan fingerprint density at radius 1 is 1.11 bits per heavy atom. The second-order valence-corrected chi connectivity index (χ2v) is 9.57. The molecule has 37 heavy (non-hydrogen) atoms. The second kappa shape index (κ2) is 8.03. The van der Waals surface area contributed by atoms with Crippen molar-refractivity contribution in [1.82, 2.24) is 4.48 Å². The average Bonchev–Trinajstić information content (AvgIpc) is 3.30. The lowest BCUT2D eigenvalue weighted by atomic mass is 9.89. The van der Waals surface area contributed by atoms with Crippen LogP contribution in [0, 0.1) is 25.7 Å². The van der Waals surface area contributed by atoms with E-state index in [0.717, 1.165) is 14.5 Å². The van der Waals surface area contributed by atoms with E-state index in [1.807, 2.05) is 6.92 Å². The highest BCUT2D eigenvalue weighted by molar-refractivity contribution is 6.58. The van der Waals surface area contributed by atoms with Crippen molar-refractivity contribution in [2.75, 3.05) is 5.32 Å². The summed E-state index contributed by atoms with van der Waals surface area (Å²) < 4.78 is 39.3. The van der Waals surface area contributed by atoms with E-state index in [2.05, 4.69) is 17.2 Å². The van der Waals surface area contributed by atoms with Crippen molar-refractivity contribution in [2.24, 2.45) is 0 Å². The van der Waals surface area contributed by atoms with Gasteiger partial charge in [-0.3, -0.25) is 4.79 Å². The molecule has 0 unspecified atom stereocenters. The van der Waals surface area contributed by atoms with Crippen LogP contribution in [0.25, 0.3) is 23.1 Å². The van der Waals surface area contributed by atoms with Crippen LogP contribution in [-0.2, 0) is 4.79 Å². The molecule has 0 spiro atoms. The van der Waals surface area contributed by atoms with Gasteiger partial charge in [-0.05, 0) is 62.4 Å². The van der Waals surface area contributed by atoms with Crippen LogP contribution in [0.2, 0.25) is 0 Å². The van der Waals surface area contributed by atoms with Crippen molar-refractivity contribution >= 4 is 47.4 Å². The number of aromatic nitrogens is 1. The largest absolute Gasteiger partial charge is 0.737 e. The van der Waals surface area contributed by atoms with Crippen LogP contribution < -0.4 is 10.9 Å². The highest BCUT2D eigenvalue weighted by atomic mass is 19.2. The molecule has 5 heterocycles. The molecule has 2 aromatic heterocycles. The molecule has 3 aliphatic rings. The standard InChI is InChI=1S/C28H22BF2N3O3/c1-16-10-18(3)33-24(16)15-25-17(2)11-22(34(25)29(33,30)31)9-8-20-12-21-13-23-19(14-26(21)37-28(20)36)6-4-5-7-27(35)32-23/h8-15H,5,7H2,1-3H3,(H,32,35). The van der Waals surface area contributed by atoms with Crippen LogP contribution >= 0.6 is 0 Å². The van der Waals surface area contributed by atoms with Crippen molar-refractivity contribution in [3.63, 3.8) is 0 Å². The third-order valence-electron chi connectivity index (χ3n) is 6.98. The van der Waals surface area contributed by atoms with Crippen molar-refractivity contribution in [2.45, 2.75) is 33.6 Å². The fourth-order valence-corrected chi connectivity index (χ4v) is 5.26. The molecule has 0 radical (unpaired) electrons. The number of carbonyl (C=O) groups is 1. The molecule has 6 nitrogen and oxygen atoms in total. The molecule has 1 amide bonds. The average molecular weight is 497 g/mol. The Labute approximate surface area is 211 Å². The van der Waals surface area contributed by atoms with Crippen molar-refractivity contribution in [3.8, 4) is 11.8 Å². The number of anilines is 1. The van der Waals surface area contributed by atoms with E-state index in [1.54, 1.807) is 50.3 Å². The molecule has 0 atom stereocenters. The van der Waals surface area contributed by atoms with Crippen molar-refractivity contribution in [1.29, 1.82) is 0 Å². The number of rotatable bonds is 2. The van der Waals surface area contributed by atoms with Crippen LogP contribution in [-0.4, -0.2) is 27.6 Å². The number of carbonyl (C=O) groups excluding carboxylic acids is 1. The Balaban J connectivity index is 1.44. The van der Waals surface area contributed by atoms with Crippen LogP contribution in [0.5, 0.6) is 0 Å². The molecule has 0 saturated heterocycles. The number of hydrogen-bond donors (Lipinski definition) is 1. The zero-order chi connectivity index (χ0) is 26.1. The first-order valence-corrected chi connectivity index (χ1v) is 12.0. The molecule has 184 valence electrons. The normalized spacial score (nSPS) is 17.8. The van der Waals surface area contributed by atoms with Gasteiger partial charge in [0.1, 0.15) is 5.58 Å². The van der Waals surface area contributed by atoms with E-state index in [0.29, 0.717) is 57.7 Å². The number of nitrogens with one attached hydrogen (secondary N) is 1. The summed E-state index contributed by atoms with van der Waals surface area (Å²) in [7, 11) is 0. The van der Waals surface area contributed by atoms with Crippen LogP contribution in [0.3, 0.4) is 0 Å². The lowest BCUT2D eigenvalue weighted by molar-refractivity contribution is -0.361. The Kier molecular flexibility index (Phi) is 4.99. The summed E-state index contributed by atoms with van der Waals surface area (Å²) in [6, 6.07) is 6.71. The molecule has 0 bridgehead atoms. The third-order valence-corrected chi connectivity index (χ3v) is 6.98. The van der Waals surface area contributed by atoms with Crippen LogP contribution in [0.1, 0.15) is 47.8 Å². The smallest absolute Gasteiger partial charge is 0.422 e. The summed E-state index contributed by atoms with van der Waals surface area (Å²) in [5, 5.41) is 3.42. The van der Waals surface area contributed by atoms with Gasteiger partial charge in [0.15, 0.2) is 11.4 Å². The van der Waals surface area contributed by atoms with Gasteiger partial charge in [-0.1, -0.05) is 11.8 Å². The molecule has 1 N–H and O–H groups in total. The molecule has 0 aliphatic carbocycles. The Morgan fingerprint density at radius 3 is 2.73 bits per heavy atom. The highest BCUT2D eigenvalue weighted by Gasteiger charge is 2.53. The molecule has 0 saturated carbocycles. The highest BCUT2D eigenvalue weighted by Crippen LogP contribution is 2.37. The number of aryl methyl sites for hydroxylation is 2. The summed E-state index contributed by atoms with van der Waals surface area (Å²) in [6.45, 7) is 1.17. The topological polar surface area (TPSA) is 67.2 Å². The molecule has 9 heteroatoms. The molecular weight excluding hydrogens is 475 g/mol. The van der Waals surface area contributed by atoms with E-state index in [1.165, 1.54) is 12.2 Å². The number of fused-ring (bicyclic) bond motifs is 4. The van der Waals surface area contributed by atoms with Crippen LogP contribution in [0.15, 0.2) is 56.9 Å². The number of hydrogen-bond acceptors (Lipinski definition) is 3. The minimum atomic E-state index is -4.13. The predicted octanol–water partition coefficient (Wildman–Crippen LogP) is 5.00. The first kappa shape index (κ1) is 23.0. The van der Waals surface area contributed by atoms with Crippen molar-refractivity contribution < 1.29 is 22.3 Å². The maximum Gasteiger partial charge on any atom is 0.737 e. The number of amides is 1. The van der Waals surface area contributed by atoms with Gasteiger partial charge in [-0.2, -0.15) is 0 Å². The van der Waals surface area contributed by atoms with E-state index in [9.17, 15) is 9.59 Å². The molecule has 0 fully saturated rings. The van der Waals surface area contributed by atoms with Crippen molar-refractivity contribution in [3.05, 3.63) is 86.2 Å². The maximum absolute atomic E-state index is 15.8. The Bertz CT molecular complexity index is 1810. The molecule has 1 aromatic carbocycles. The van der Waals surface area contributed by atoms with E-state index in [-0.39, 0.29) is 17.2 Å². The number of benzene rings is 1. The number of halogens is 2. The summed E-state index contributed by atoms with van der Waals surface area (Å²) in [6.07, 6.45) is 7.21. The predicted molar refractivity (Wildman–Crippen MR) is 141 cm³/mol. The van der Waals surface area contributed by atoms with Crippen LogP contribution in [0.4, 0.5) is 14.3 Å².